The number of aromatic nitrogens is 6. The first-order valence-corrected chi connectivity index (χ1v) is 11.9. The average molecular weight is 543 g/mol. The van der Waals surface area contributed by atoms with E-state index in [9.17, 15) is 18.7 Å². The van der Waals surface area contributed by atoms with Crippen molar-refractivity contribution >= 4 is 23.5 Å². The van der Waals surface area contributed by atoms with Gasteiger partial charge in [0.2, 0.25) is 11.8 Å². The van der Waals surface area contributed by atoms with Crippen molar-refractivity contribution in [3.8, 4) is 22.8 Å². The number of alkyl halides is 2. The van der Waals surface area contributed by atoms with Crippen LogP contribution in [0, 0.1) is 0 Å². The number of hydrogen-bond acceptors (Lipinski definition) is 11. The maximum Gasteiger partial charge on any atom is 0.370 e. The van der Waals surface area contributed by atoms with Gasteiger partial charge in [0.1, 0.15) is 22.9 Å². The Kier molecular flexibility index (Phi) is 6.28. The highest BCUT2D eigenvalue weighted by molar-refractivity contribution is 5.99. The molecular weight excluding hydrogens is 524 g/mol. The molecule has 200 valence electrons. The zero-order chi connectivity index (χ0) is 27.7. The number of anilines is 3. The second kappa shape index (κ2) is 10.1. The van der Waals surface area contributed by atoms with Crippen molar-refractivity contribution in [2.24, 2.45) is 0 Å². The van der Waals surface area contributed by atoms with E-state index in [1.165, 1.54) is 18.3 Å². The number of aliphatic hydroxyl groups is 1. The SMILES string of the molecule is O=C1NC(F)(F)c2nc(Nc3ncc(-c4nc(-c5ccncc5)no4)c(N[C@H](CO)c4ccccc4)n3)ccc21. The number of hydrogen-bond donors (Lipinski definition) is 4. The molecule has 0 saturated heterocycles. The van der Waals surface area contributed by atoms with Crippen molar-refractivity contribution in [3.05, 3.63) is 90.0 Å². The van der Waals surface area contributed by atoms with Crippen LogP contribution in [-0.4, -0.2) is 47.7 Å². The first-order valence-electron chi connectivity index (χ1n) is 11.9. The molecule has 4 N–H and O–H groups in total. The summed E-state index contributed by atoms with van der Waals surface area (Å²) >= 11 is 0. The van der Waals surface area contributed by atoms with Crippen LogP contribution in [0.25, 0.3) is 22.8 Å². The summed E-state index contributed by atoms with van der Waals surface area (Å²) in [4.78, 5) is 32.9. The van der Waals surface area contributed by atoms with E-state index in [2.05, 4.69) is 40.7 Å². The average Bonchev–Trinajstić information content (AvgIpc) is 3.55. The molecule has 4 aromatic heterocycles. The third kappa shape index (κ3) is 4.78. The van der Waals surface area contributed by atoms with Gasteiger partial charge in [-0.05, 0) is 29.8 Å². The quantitative estimate of drug-likeness (QED) is 0.211. The third-order valence-corrected chi connectivity index (χ3v) is 6.03. The van der Waals surface area contributed by atoms with E-state index in [-0.39, 0.29) is 35.6 Å². The number of carbonyl (C=O) groups excluding carboxylic acids is 1. The van der Waals surface area contributed by atoms with E-state index in [1.807, 2.05) is 30.3 Å². The van der Waals surface area contributed by atoms with Gasteiger partial charge in [-0.25, -0.2) is 9.97 Å². The molecule has 40 heavy (non-hydrogen) atoms. The second-order valence-electron chi connectivity index (χ2n) is 8.65. The Morgan fingerprint density at radius 3 is 2.58 bits per heavy atom. The summed E-state index contributed by atoms with van der Waals surface area (Å²) < 4.78 is 33.8. The highest BCUT2D eigenvalue weighted by Gasteiger charge is 2.45. The molecule has 0 spiro atoms. The fourth-order valence-corrected chi connectivity index (χ4v) is 4.08. The van der Waals surface area contributed by atoms with Gasteiger partial charge < -0.3 is 20.3 Å². The normalized spacial score (nSPS) is 14.3. The van der Waals surface area contributed by atoms with E-state index in [1.54, 1.807) is 29.8 Å². The maximum absolute atomic E-state index is 14.2. The molecule has 0 unspecified atom stereocenters. The van der Waals surface area contributed by atoms with Crippen LogP contribution in [0.2, 0.25) is 0 Å². The molecule has 0 saturated carbocycles. The van der Waals surface area contributed by atoms with Crippen LogP contribution in [0.5, 0.6) is 0 Å². The molecule has 0 aliphatic carbocycles. The zero-order valence-corrected chi connectivity index (χ0v) is 20.4. The van der Waals surface area contributed by atoms with Crippen molar-refractivity contribution < 1.29 is 23.2 Å². The zero-order valence-electron chi connectivity index (χ0n) is 20.4. The second-order valence-corrected chi connectivity index (χ2v) is 8.65. The molecule has 12 nitrogen and oxygen atoms in total. The summed E-state index contributed by atoms with van der Waals surface area (Å²) in [6.07, 6.45) is 4.61. The van der Waals surface area contributed by atoms with E-state index < -0.39 is 23.7 Å². The lowest BCUT2D eigenvalue weighted by atomic mass is 10.1. The van der Waals surface area contributed by atoms with Crippen LogP contribution in [0.3, 0.4) is 0 Å². The molecule has 1 aliphatic heterocycles. The Morgan fingerprint density at radius 2 is 1.80 bits per heavy atom. The Bertz CT molecular complexity index is 1680. The van der Waals surface area contributed by atoms with Crippen molar-refractivity contribution in [3.63, 3.8) is 0 Å². The number of amides is 1. The largest absolute Gasteiger partial charge is 0.394 e. The Labute approximate surface area is 224 Å². The first-order chi connectivity index (χ1) is 19.4. The Morgan fingerprint density at radius 1 is 1.00 bits per heavy atom. The number of rotatable bonds is 8. The molecule has 0 radical (unpaired) electrons. The lowest BCUT2D eigenvalue weighted by molar-refractivity contribution is -0.0278. The first kappa shape index (κ1) is 24.9. The summed E-state index contributed by atoms with van der Waals surface area (Å²) in [6, 6.07) is 11.1. The molecule has 1 aromatic carbocycles. The van der Waals surface area contributed by atoms with Gasteiger partial charge in [-0.15, -0.1) is 0 Å². The fourth-order valence-electron chi connectivity index (χ4n) is 4.08. The monoisotopic (exact) mass is 543 g/mol. The molecule has 0 bridgehead atoms. The topological polar surface area (TPSA) is 164 Å². The highest BCUT2D eigenvalue weighted by atomic mass is 19.3. The van der Waals surface area contributed by atoms with E-state index in [4.69, 9.17) is 4.52 Å². The maximum atomic E-state index is 14.2. The lowest BCUT2D eigenvalue weighted by Crippen LogP contribution is -2.30. The summed E-state index contributed by atoms with van der Waals surface area (Å²) in [5, 5.41) is 21.7. The third-order valence-electron chi connectivity index (χ3n) is 6.03. The number of nitrogens with zero attached hydrogens (tertiary/aromatic N) is 6. The minimum Gasteiger partial charge on any atom is -0.394 e. The predicted molar refractivity (Wildman–Crippen MR) is 137 cm³/mol. The van der Waals surface area contributed by atoms with Crippen molar-refractivity contribution in [1.82, 2.24) is 35.4 Å². The van der Waals surface area contributed by atoms with Crippen LogP contribution in [0.15, 0.2) is 77.7 Å². The fraction of sp³-hybridized carbons (Fsp3) is 0.115. The van der Waals surface area contributed by atoms with Gasteiger partial charge in [0, 0.05) is 24.2 Å². The number of fused-ring (bicyclic) bond motifs is 1. The lowest BCUT2D eigenvalue weighted by Gasteiger charge is -2.19. The van der Waals surface area contributed by atoms with Crippen LogP contribution in [0.4, 0.5) is 26.4 Å². The number of aliphatic hydroxyl groups excluding tert-OH is 1. The Balaban J connectivity index is 1.36. The smallest absolute Gasteiger partial charge is 0.370 e. The highest BCUT2D eigenvalue weighted by Crippen LogP contribution is 2.34. The van der Waals surface area contributed by atoms with Gasteiger partial charge in [0.05, 0.1) is 18.2 Å². The molecule has 5 heterocycles. The van der Waals surface area contributed by atoms with Crippen molar-refractivity contribution in [2.45, 2.75) is 12.1 Å². The number of carbonyl (C=O) groups is 1. The van der Waals surface area contributed by atoms with Gasteiger partial charge in [-0.1, -0.05) is 35.5 Å². The van der Waals surface area contributed by atoms with Crippen LogP contribution < -0.4 is 16.0 Å². The summed E-state index contributed by atoms with van der Waals surface area (Å²) in [5.74, 6) is -0.281. The Hall–Kier alpha value is -5.37. The number of nitrogens with one attached hydrogen (secondary N) is 3. The summed E-state index contributed by atoms with van der Waals surface area (Å²) in [7, 11) is 0. The van der Waals surface area contributed by atoms with Gasteiger partial charge in [0.15, 0.2) is 0 Å². The van der Waals surface area contributed by atoms with Crippen molar-refractivity contribution in [2.75, 3.05) is 17.2 Å². The molecule has 6 rings (SSSR count). The molecule has 1 atom stereocenters. The van der Waals surface area contributed by atoms with Crippen molar-refractivity contribution in [1.29, 1.82) is 0 Å². The molecule has 5 aromatic rings. The van der Waals surface area contributed by atoms with Gasteiger partial charge in [0.25, 0.3) is 11.8 Å². The number of halogens is 2. The van der Waals surface area contributed by atoms with Gasteiger partial charge in [-0.3, -0.25) is 15.1 Å². The predicted octanol–water partition coefficient (Wildman–Crippen LogP) is 3.67. The van der Waals surface area contributed by atoms with E-state index >= 15 is 0 Å². The standard InChI is InChI=1S/C26H19F2N9O3/c27-26(28)20-16(23(39)36-26)6-7-19(32-20)33-25-30-12-17(24-34-21(37-40-24)15-8-10-29-11-9-15)22(35-25)31-18(13-38)14-4-2-1-3-5-14/h1-12,18,38H,13H2,(H,36,39)(H2,30,31,32,33,35)/t18-/m1/s1. The molecule has 1 amide bonds. The van der Waals surface area contributed by atoms with Crippen LogP contribution in [0.1, 0.15) is 27.7 Å². The summed E-state index contributed by atoms with van der Waals surface area (Å²) in [5.41, 5.74) is 0.882. The minimum atomic E-state index is -3.60. The molecule has 1 aliphatic rings. The molecular formula is C26H19F2N9O3. The van der Waals surface area contributed by atoms with Gasteiger partial charge in [-0.2, -0.15) is 18.7 Å². The molecule has 0 fully saturated rings. The van der Waals surface area contributed by atoms with Gasteiger partial charge >= 0.3 is 6.05 Å². The number of benzene rings is 1. The number of pyridine rings is 2. The van der Waals surface area contributed by atoms with E-state index in [0.29, 0.717) is 17.0 Å². The van der Waals surface area contributed by atoms with E-state index in [0.717, 1.165) is 5.56 Å². The summed E-state index contributed by atoms with van der Waals surface area (Å²) in [6.45, 7) is -0.273. The minimum absolute atomic E-state index is 0.00192. The molecule has 14 heteroatoms. The van der Waals surface area contributed by atoms with Crippen LogP contribution >= 0.6 is 0 Å². The van der Waals surface area contributed by atoms with Crippen LogP contribution in [-0.2, 0) is 6.05 Å².